The summed E-state index contributed by atoms with van der Waals surface area (Å²) in [4.78, 5) is 24.6. The van der Waals surface area contributed by atoms with Crippen molar-refractivity contribution in [3.8, 4) is 0 Å². The molecule has 22 heavy (non-hydrogen) atoms. The van der Waals surface area contributed by atoms with E-state index in [0.717, 1.165) is 17.8 Å². The van der Waals surface area contributed by atoms with Crippen LogP contribution in [0.2, 0.25) is 0 Å². The summed E-state index contributed by atoms with van der Waals surface area (Å²) in [7, 11) is 4.00. The second kappa shape index (κ2) is 8.41. The third-order valence-electron chi connectivity index (χ3n) is 3.07. The zero-order chi connectivity index (χ0) is 15.8. The Bertz CT molecular complexity index is 596. The summed E-state index contributed by atoms with van der Waals surface area (Å²) in [5, 5.41) is 1.91. The molecule has 0 fully saturated rings. The van der Waals surface area contributed by atoms with Crippen molar-refractivity contribution < 1.29 is 4.79 Å². The maximum Gasteiger partial charge on any atom is 0.246 e. The molecule has 1 amide bonds. The molecule has 2 aromatic heterocycles. The Morgan fingerprint density at radius 2 is 2.23 bits per heavy atom. The second-order valence-electron chi connectivity index (χ2n) is 5.17. The summed E-state index contributed by atoms with van der Waals surface area (Å²) in [5.74, 6) is -0.0151. The van der Waals surface area contributed by atoms with Crippen LogP contribution in [0, 0.1) is 0 Å². The minimum atomic E-state index is -0.0151. The maximum atomic E-state index is 12.4. The number of nitrogens with zero attached hydrogens (tertiary/aromatic N) is 4. The Labute approximate surface area is 134 Å². The number of thiazole rings is 1. The van der Waals surface area contributed by atoms with Gasteiger partial charge in [0.1, 0.15) is 0 Å². The maximum absolute atomic E-state index is 12.4. The van der Waals surface area contributed by atoms with Gasteiger partial charge in [0.2, 0.25) is 5.91 Å². The molecule has 6 heteroatoms. The van der Waals surface area contributed by atoms with E-state index in [1.165, 1.54) is 11.3 Å². The van der Waals surface area contributed by atoms with E-state index >= 15 is 0 Å². The Kier molecular flexibility index (Phi) is 6.24. The van der Waals surface area contributed by atoms with Gasteiger partial charge in [-0.15, -0.1) is 11.3 Å². The lowest BCUT2D eigenvalue weighted by Crippen LogP contribution is -2.35. The van der Waals surface area contributed by atoms with Gasteiger partial charge in [-0.1, -0.05) is 6.07 Å². The van der Waals surface area contributed by atoms with Crippen LogP contribution in [0.1, 0.15) is 11.3 Å². The monoisotopic (exact) mass is 316 g/mol. The molecule has 2 rings (SSSR count). The third-order valence-corrected chi connectivity index (χ3v) is 3.68. The summed E-state index contributed by atoms with van der Waals surface area (Å²) < 4.78 is 0. The molecule has 0 bridgehead atoms. The molecule has 0 aliphatic rings. The van der Waals surface area contributed by atoms with Crippen LogP contribution >= 0.6 is 11.3 Å². The molecule has 0 radical (unpaired) electrons. The summed E-state index contributed by atoms with van der Waals surface area (Å²) >= 11 is 1.51. The van der Waals surface area contributed by atoms with Gasteiger partial charge in [-0.2, -0.15) is 0 Å². The van der Waals surface area contributed by atoms with Crippen LogP contribution in [0.15, 0.2) is 41.5 Å². The van der Waals surface area contributed by atoms with Crippen molar-refractivity contribution in [2.24, 2.45) is 0 Å². The van der Waals surface area contributed by atoms with Gasteiger partial charge < -0.3 is 9.80 Å². The number of likely N-dealkylation sites (N-methyl/N-ethyl adjacent to an activating group) is 1. The van der Waals surface area contributed by atoms with Crippen LogP contribution in [-0.4, -0.2) is 52.9 Å². The summed E-state index contributed by atoms with van der Waals surface area (Å²) in [6.45, 7) is 2.04. The molecule has 0 atom stereocenters. The van der Waals surface area contributed by atoms with Crippen molar-refractivity contribution >= 4 is 23.3 Å². The van der Waals surface area contributed by atoms with Crippen molar-refractivity contribution in [1.29, 1.82) is 0 Å². The molecule has 116 valence electrons. The molecular weight excluding hydrogens is 296 g/mol. The van der Waals surface area contributed by atoms with E-state index in [1.54, 1.807) is 30.1 Å². The zero-order valence-electron chi connectivity index (χ0n) is 12.8. The van der Waals surface area contributed by atoms with Gasteiger partial charge in [0, 0.05) is 43.5 Å². The smallest absolute Gasteiger partial charge is 0.246 e. The first-order valence-electron chi connectivity index (χ1n) is 7.04. The molecule has 0 aromatic carbocycles. The minimum absolute atomic E-state index is 0.0151. The standard InChI is InChI=1S/C16H20N4OS/c1-19(2)8-9-20(11-14-4-3-7-17-10-14)16(21)6-5-15-12-22-13-18-15/h3-7,10,12-13H,8-9,11H2,1-2H3/b6-5+. The van der Waals surface area contributed by atoms with Gasteiger partial charge >= 0.3 is 0 Å². The first-order chi connectivity index (χ1) is 10.6. The number of pyridine rings is 1. The van der Waals surface area contributed by atoms with Crippen LogP contribution in [0.4, 0.5) is 0 Å². The van der Waals surface area contributed by atoms with Crippen LogP contribution < -0.4 is 0 Å². The Balaban J connectivity index is 2.04. The fraction of sp³-hybridized carbons (Fsp3) is 0.312. The van der Waals surface area contributed by atoms with E-state index in [4.69, 9.17) is 0 Å². The molecule has 0 N–H and O–H groups in total. The number of aromatic nitrogens is 2. The van der Waals surface area contributed by atoms with Crippen molar-refractivity contribution in [3.63, 3.8) is 0 Å². The molecule has 0 aliphatic carbocycles. The van der Waals surface area contributed by atoms with E-state index < -0.39 is 0 Å². The highest BCUT2D eigenvalue weighted by Crippen LogP contribution is 2.07. The largest absolute Gasteiger partial charge is 0.333 e. The van der Waals surface area contributed by atoms with Crippen molar-refractivity contribution in [1.82, 2.24) is 19.8 Å². The van der Waals surface area contributed by atoms with E-state index in [2.05, 4.69) is 14.9 Å². The van der Waals surface area contributed by atoms with Gasteiger partial charge in [-0.3, -0.25) is 9.78 Å². The van der Waals surface area contributed by atoms with Crippen LogP contribution in [0.5, 0.6) is 0 Å². The van der Waals surface area contributed by atoms with E-state index in [-0.39, 0.29) is 5.91 Å². The average molecular weight is 316 g/mol. The molecule has 0 aliphatic heterocycles. The number of amides is 1. The number of rotatable bonds is 7. The van der Waals surface area contributed by atoms with Crippen molar-refractivity contribution in [3.05, 3.63) is 52.8 Å². The van der Waals surface area contributed by atoms with Gasteiger partial charge in [0.25, 0.3) is 0 Å². The highest BCUT2D eigenvalue weighted by Gasteiger charge is 2.12. The molecule has 0 saturated carbocycles. The summed E-state index contributed by atoms with van der Waals surface area (Å²) in [5.41, 5.74) is 3.59. The normalized spacial score (nSPS) is 11.2. The summed E-state index contributed by atoms with van der Waals surface area (Å²) in [6, 6.07) is 3.86. The molecule has 0 unspecified atom stereocenters. The van der Waals surface area contributed by atoms with E-state index in [1.807, 2.05) is 36.5 Å². The van der Waals surface area contributed by atoms with Gasteiger partial charge in [0.15, 0.2) is 0 Å². The quantitative estimate of drug-likeness (QED) is 0.734. The van der Waals surface area contributed by atoms with Gasteiger partial charge in [-0.25, -0.2) is 4.98 Å². The van der Waals surface area contributed by atoms with Crippen LogP contribution in [-0.2, 0) is 11.3 Å². The fourth-order valence-corrected chi connectivity index (χ4v) is 2.39. The second-order valence-corrected chi connectivity index (χ2v) is 5.89. The lowest BCUT2D eigenvalue weighted by atomic mass is 10.2. The Morgan fingerprint density at radius 1 is 1.36 bits per heavy atom. The lowest BCUT2D eigenvalue weighted by molar-refractivity contribution is -0.126. The number of hydrogen-bond acceptors (Lipinski definition) is 5. The molecule has 0 saturated heterocycles. The van der Waals surface area contributed by atoms with Crippen LogP contribution in [0.3, 0.4) is 0 Å². The predicted octanol–water partition coefficient (Wildman–Crippen LogP) is 2.14. The molecule has 0 spiro atoms. The highest BCUT2D eigenvalue weighted by atomic mass is 32.1. The Morgan fingerprint density at radius 3 is 2.86 bits per heavy atom. The van der Waals surface area contributed by atoms with Gasteiger partial charge in [0.05, 0.1) is 11.2 Å². The molecule has 2 heterocycles. The van der Waals surface area contributed by atoms with E-state index in [0.29, 0.717) is 13.1 Å². The zero-order valence-corrected chi connectivity index (χ0v) is 13.7. The third kappa shape index (κ3) is 5.38. The first-order valence-corrected chi connectivity index (χ1v) is 7.98. The lowest BCUT2D eigenvalue weighted by Gasteiger charge is -2.23. The predicted molar refractivity (Wildman–Crippen MR) is 89.4 cm³/mol. The van der Waals surface area contributed by atoms with Crippen molar-refractivity contribution in [2.75, 3.05) is 27.2 Å². The first kappa shape index (κ1) is 16.3. The van der Waals surface area contributed by atoms with E-state index in [9.17, 15) is 4.79 Å². The number of hydrogen-bond donors (Lipinski definition) is 0. The SMILES string of the molecule is CN(C)CCN(Cc1cccnc1)C(=O)/C=C/c1cscn1. The molecule has 2 aromatic rings. The number of carbonyl (C=O) groups is 1. The fourth-order valence-electron chi connectivity index (χ4n) is 1.87. The average Bonchev–Trinajstić information content (AvgIpc) is 3.03. The number of carbonyl (C=O) groups excluding carboxylic acids is 1. The molecular formula is C16H20N4OS. The molecule has 5 nitrogen and oxygen atoms in total. The topological polar surface area (TPSA) is 49.3 Å². The summed E-state index contributed by atoms with van der Waals surface area (Å²) in [6.07, 6.45) is 6.86. The highest BCUT2D eigenvalue weighted by molar-refractivity contribution is 7.07. The minimum Gasteiger partial charge on any atom is -0.333 e. The van der Waals surface area contributed by atoms with Crippen LogP contribution in [0.25, 0.3) is 6.08 Å². The Hall–Kier alpha value is -2.05. The van der Waals surface area contributed by atoms with Crippen molar-refractivity contribution in [2.45, 2.75) is 6.54 Å². The van der Waals surface area contributed by atoms with Gasteiger partial charge in [-0.05, 0) is 31.8 Å².